The Labute approximate surface area is 103 Å². The highest BCUT2D eigenvalue weighted by Gasteiger charge is 2.31. The third-order valence-electron chi connectivity index (χ3n) is 2.59. The highest BCUT2D eigenvalue weighted by atomic mass is 19.4. The van der Waals surface area contributed by atoms with Gasteiger partial charge in [-0.1, -0.05) is 12.1 Å². The first-order valence-corrected chi connectivity index (χ1v) is 5.27. The summed E-state index contributed by atoms with van der Waals surface area (Å²) in [6.07, 6.45) is -4.66. The summed E-state index contributed by atoms with van der Waals surface area (Å²) in [5.74, 6) is -1.05. The Kier molecular flexibility index (Phi) is 4.34. The molecule has 1 unspecified atom stereocenters. The van der Waals surface area contributed by atoms with Crippen LogP contribution in [-0.2, 0) is 11.0 Å². The summed E-state index contributed by atoms with van der Waals surface area (Å²) in [7, 11) is 3.27. The van der Waals surface area contributed by atoms with Crippen LogP contribution in [0.2, 0.25) is 0 Å². The summed E-state index contributed by atoms with van der Waals surface area (Å²) in [6, 6.07) is 4.18. The maximum absolute atomic E-state index is 12.6. The van der Waals surface area contributed by atoms with Crippen molar-refractivity contribution < 1.29 is 23.1 Å². The number of halogens is 3. The summed E-state index contributed by atoms with van der Waals surface area (Å²) >= 11 is 0. The minimum absolute atomic E-state index is 0.242. The quantitative estimate of drug-likeness (QED) is 0.906. The number of benzene rings is 1. The SMILES string of the molecule is CN(C)C(CC(=O)O)c1cccc(C(F)(F)F)c1. The molecular weight excluding hydrogens is 247 g/mol. The van der Waals surface area contributed by atoms with Crippen LogP contribution in [0.3, 0.4) is 0 Å². The topological polar surface area (TPSA) is 40.5 Å². The molecule has 3 nitrogen and oxygen atoms in total. The van der Waals surface area contributed by atoms with Crippen molar-refractivity contribution >= 4 is 5.97 Å². The zero-order chi connectivity index (χ0) is 13.9. The van der Waals surface area contributed by atoms with Crippen LogP contribution in [0.1, 0.15) is 23.6 Å². The van der Waals surface area contributed by atoms with E-state index in [2.05, 4.69) is 0 Å². The van der Waals surface area contributed by atoms with Gasteiger partial charge in [-0.3, -0.25) is 4.79 Å². The molecule has 0 heterocycles. The second kappa shape index (κ2) is 5.39. The first-order chi connectivity index (χ1) is 8.21. The Balaban J connectivity index is 3.09. The largest absolute Gasteiger partial charge is 0.481 e. The highest BCUT2D eigenvalue weighted by Crippen LogP contribution is 2.32. The minimum Gasteiger partial charge on any atom is -0.481 e. The van der Waals surface area contributed by atoms with Crippen molar-refractivity contribution in [3.05, 3.63) is 35.4 Å². The summed E-state index contributed by atoms with van der Waals surface area (Å²) in [6.45, 7) is 0. The van der Waals surface area contributed by atoms with Crippen molar-refractivity contribution in [2.45, 2.75) is 18.6 Å². The van der Waals surface area contributed by atoms with Crippen LogP contribution in [0.5, 0.6) is 0 Å². The summed E-state index contributed by atoms with van der Waals surface area (Å²) in [4.78, 5) is 12.3. The molecule has 6 heteroatoms. The number of alkyl halides is 3. The number of aliphatic carboxylic acids is 1. The van der Waals surface area contributed by atoms with E-state index >= 15 is 0 Å². The van der Waals surface area contributed by atoms with Gasteiger partial charge < -0.3 is 10.0 Å². The lowest BCUT2D eigenvalue weighted by atomic mass is 10.0. The van der Waals surface area contributed by atoms with Crippen molar-refractivity contribution in [2.75, 3.05) is 14.1 Å². The Bertz CT molecular complexity index is 430. The minimum atomic E-state index is -4.42. The van der Waals surface area contributed by atoms with Gasteiger partial charge in [0.05, 0.1) is 12.0 Å². The molecule has 0 amide bonds. The molecule has 0 saturated carbocycles. The number of rotatable bonds is 4. The zero-order valence-corrected chi connectivity index (χ0v) is 10.0. The summed E-state index contributed by atoms with van der Waals surface area (Å²) in [5, 5.41) is 8.77. The monoisotopic (exact) mass is 261 g/mol. The van der Waals surface area contributed by atoms with Crippen molar-refractivity contribution in [1.29, 1.82) is 0 Å². The normalized spacial score (nSPS) is 13.7. The fourth-order valence-corrected chi connectivity index (χ4v) is 1.69. The van der Waals surface area contributed by atoms with Crippen LogP contribution in [0.25, 0.3) is 0 Å². The van der Waals surface area contributed by atoms with Crippen LogP contribution in [0, 0.1) is 0 Å². The molecule has 18 heavy (non-hydrogen) atoms. The maximum atomic E-state index is 12.6. The molecule has 0 radical (unpaired) electrons. The van der Waals surface area contributed by atoms with E-state index in [-0.39, 0.29) is 6.42 Å². The Morgan fingerprint density at radius 1 is 1.39 bits per heavy atom. The highest BCUT2D eigenvalue weighted by molar-refractivity contribution is 5.68. The Morgan fingerprint density at radius 2 is 2.00 bits per heavy atom. The molecule has 0 spiro atoms. The summed E-state index contributed by atoms with van der Waals surface area (Å²) in [5.41, 5.74) is -0.422. The molecule has 1 rings (SSSR count). The molecule has 0 saturated heterocycles. The van der Waals surface area contributed by atoms with Gasteiger partial charge in [-0.25, -0.2) is 0 Å². The van der Waals surface area contributed by atoms with Crippen LogP contribution in [0.15, 0.2) is 24.3 Å². The van der Waals surface area contributed by atoms with E-state index in [4.69, 9.17) is 5.11 Å². The fraction of sp³-hybridized carbons (Fsp3) is 0.417. The number of carboxylic acid groups (broad SMARTS) is 1. The van der Waals surface area contributed by atoms with Gasteiger partial charge in [0.25, 0.3) is 0 Å². The Hall–Kier alpha value is -1.56. The molecular formula is C12H14F3NO2. The van der Waals surface area contributed by atoms with E-state index in [0.717, 1.165) is 12.1 Å². The molecule has 1 aromatic carbocycles. The number of hydrogen-bond acceptors (Lipinski definition) is 2. The molecule has 0 aliphatic carbocycles. The first-order valence-electron chi connectivity index (χ1n) is 5.27. The lowest BCUT2D eigenvalue weighted by Gasteiger charge is -2.23. The van der Waals surface area contributed by atoms with Crippen molar-refractivity contribution in [2.24, 2.45) is 0 Å². The maximum Gasteiger partial charge on any atom is 0.416 e. The van der Waals surface area contributed by atoms with E-state index in [9.17, 15) is 18.0 Å². The molecule has 0 aliphatic rings. The van der Waals surface area contributed by atoms with Crippen LogP contribution >= 0.6 is 0 Å². The number of carbonyl (C=O) groups is 1. The van der Waals surface area contributed by atoms with Crippen LogP contribution in [0.4, 0.5) is 13.2 Å². The number of nitrogens with zero attached hydrogens (tertiary/aromatic N) is 1. The lowest BCUT2D eigenvalue weighted by Crippen LogP contribution is -2.23. The second-order valence-corrected chi connectivity index (χ2v) is 4.20. The fourth-order valence-electron chi connectivity index (χ4n) is 1.69. The van der Waals surface area contributed by atoms with E-state index in [1.807, 2.05) is 0 Å². The van der Waals surface area contributed by atoms with E-state index in [1.165, 1.54) is 12.1 Å². The van der Waals surface area contributed by atoms with Gasteiger partial charge >= 0.3 is 12.1 Å². The third kappa shape index (κ3) is 3.73. The van der Waals surface area contributed by atoms with E-state index in [1.54, 1.807) is 19.0 Å². The second-order valence-electron chi connectivity index (χ2n) is 4.20. The number of carboxylic acids is 1. The number of hydrogen-bond donors (Lipinski definition) is 1. The van der Waals surface area contributed by atoms with E-state index in [0.29, 0.717) is 5.56 Å². The smallest absolute Gasteiger partial charge is 0.416 e. The molecule has 0 aromatic heterocycles. The van der Waals surface area contributed by atoms with Gasteiger partial charge in [0.1, 0.15) is 0 Å². The van der Waals surface area contributed by atoms with Gasteiger partial charge in [0, 0.05) is 6.04 Å². The predicted octanol–water partition coefficient (Wildman–Crippen LogP) is 2.78. The Morgan fingerprint density at radius 3 is 2.44 bits per heavy atom. The first kappa shape index (κ1) is 14.5. The zero-order valence-electron chi connectivity index (χ0n) is 10.0. The van der Waals surface area contributed by atoms with Crippen molar-refractivity contribution in [1.82, 2.24) is 4.90 Å². The summed E-state index contributed by atoms with van der Waals surface area (Å²) < 4.78 is 37.7. The van der Waals surface area contributed by atoms with Gasteiger partial charge in [-0.2, -0.15) is 13.2 Å². The molecule has 0 aliphatic heterocycles. The standard InChI is InChI=1S/C12H14F3NO2/c1-16(2)10(7-11(17)18)8-4-3-5-9(6-8)12(13,14)15/h3-6,10H,7H2,1-2H3,(H,17,18). The van der Waals surface area contributed by atoms with Crippen molar-refractivity contribution in [3.63, 3.8) is 0 Å². The lowest BCUT2D eigenvalue weighted by molar-refractivity contribution is -0.138. The van der Waals surface area contributed by atoms with Gasteiger partial charge in [-0.05, 0) is 31.8 Å². The van der Waals surface area contributed by atoms with Gasteiger partial charge in [0.2, 0.25) is 0 Å². The molecule has 1 atom stereocenters. The molecule has 1 aromatic rings. The van der Waals surface area contributed by atoms with Crippen LogP contribution < -0.4 is 0 Å². The van der Waals surface area contributed by atoms with Crippen molar-refractivity contribution in [3.8, 4) is 0 Å². The molecule has 100 valence electrons. The molecule has 0 fully saturated rings. The van der Waals surface area contributed by atoms with Gasteiger partial charge in [-0.15, -0.1) is 0 Å². The average Bonchev–Trinajstić information content (AvgIpc) is 2.24. The third-order valence-corrected chi connectivity index (χ3v) is 2.59. The molecule has 0 bridgehead atoms. The van der Waals surface area contributed by atoms with Crippen LogP contribution in [-0.4, -0.2) is 30.1 Å². The average molecular weight is 261 g/mol. The predicted molar refractivity (Wildman–Crippen MR) is 60.1 cm³/mol. The molecule has 1 N–H and O–H groups in total. The van der Waals surface area contributed by atoms with E-state index < -0.39 is 23.8 Å². The van der Waals surface area contributed by atoms with Gasteiger partial charge in [0.15, 0.2) is 0 Å².